The molecular formula is C15H23N3O2. The Labute approximate surface area is 119 Å². The predicted molar refractivity (Wildman–Crippen MR) is 75.6 cm³/mol. The molecule has 110 valence electrons. The van der Waals surface area contributed by atoms with E-state index in [0.29, 0.717) is 17.7 Å². The van der Waals surface area contributed by atoms with E-state index >= 15 is 0 Å². The fourth-order valence-corrected chi connectivity index (χ4v) is 3.36. The monoisotopic (exact) mass is 277 g/mol. The molecular weight excluding hydrogens is 254 g/mol. The molecule has 2 saturated heterocycles. The van der Waals surface area contributed by atoms with Crippen molar-refractivity contribution in [3.05, 3.63) is 17.5 Å². The summed E-state index contributed by atoms with van der Waals surface area (Å²) in [5, 5.41) is 3.96. The smallest absolute Gasteiger partial charge is 0.276 e. The van der Waals surface area contributed by atoms with E-state index in [1.54, 1.807) is 6.07 Å². The summed E-state index contributed by atoms with van der Waals surface area (Å²) in [5.41, 5.74) is 0.461. The van der Waals surface area contributed by atoms with E-state index in [1.165, 1.54) is 6.42 Å². The van der Waals surface area contributed by atoms with Gasteiger partial charge in [-0.25, -0.2) is 0 Å². The van der Waals surface area contributed by atoms with Crippen molar-refractivity contribution in [2.24, 2.45) is 5.92 Å². The highest BCUT2D eigenvalue weighted by atomic mass is 16.5. The number of carbonyl (C=O) groups is 1. The Hall–Kier alpha value is -1.36. The van der Waals surface area contributed by atoms with Gasteiger partial charge < -0.3 is 14.3 Å². The molecule has 1 aromatic rings. The summed E-state index contributed by atoms with van der Waals surface area (Å²) in [7, 11) is 2.13. The number of fused-ring (bicyclic) bond motifs is 1. The fourth-order valence-electron chi connectivity index (χ4n) is 3.36. The van der Waals surface area contributed by atoms with E-state index in [1.807, 2.05) is 18.7 Å². The van der Waals surface area contributed by atoms with Gasteiger partial charge in [0.25, 0.3) is 5.91 Å². The Bertz CT molecular complexity index is 497. The lowest BCUT2D eigenvalue weighted by molar-refractivity contribution is 0.0621. The van der Waals surface area contributed by atoms with Crippen molar-refractivity contribution in [1.82, 2.24) is 15.0 Å². The molecule has 2 aliphatic rings. The van der Waals surface area contributed by atoms with Crippen LogP contribution in [-0.4, -0.2) is 53.6 Å². The topological polar surface area (TPSA) is 49.6 Å². The van der Waals surface area contributed by atoms with Gasteiger partial charge in [-0.2, -0.15) is 0 Å². The van der Waals surface area contributed by atoms with Crippen LogP contribution in [0.15, 0.2) is 10.6 Å². The molecule has 5 heteroatoms. The lowest BCUT2D eigenvalue weighted by Gasteiger charge is -2.36. The second-order valence-electron chi connectivity index (χ2n) is 6.43. The van der Waals surface area contributed by atoms with Crippen molar-refractivity contribution in [3.8, 4) is 0 Å². The fraction of sp³-hybridized carbons (Fsp3) is 0.733. The van der Waals surface area contributed by atoms with E-state index < -0.39 is 0 Å². The van der Waals surface area contributed by atoms with Crippen LogP contribution in [0.1, 0.15) is 48.9 Å². The molecule has 0 bridgehead atoms. The third kappa shape index (κ3) is 2.35. The van der Waals surface area contributed by atoms with Crippen LogP contribution in [0.5, 0.6) is 0 Å². The van der Waals surface area contributed by atoms with Crippen LogP contribution in [-0.2, 0) is 0 Å². The van der Waals surface area contributed by atoms with Gasteiger partial charge in [-0.15, -0.1) is 0 Å². The number of hydrogen-bond donors (Lipinski definition) is 0. The van der Waals surface area contributed by atoms with Crippen LogP contribution in [0, 0.1) is 5.92 Å². The molecule has 2 aliphatic heterocycles. The van der Waals surface area contributed by atoms with Gasteiger partial charge in [0.1, 0.15) is 5.76 Å². The summed E-state index contributed by atoms with van der Waals surface area (Å²) in [4.78, 5) is 16.9. The first-order valence-corrected chi connectivity index (χ1v) is 7.52. The average molecular weight is 277 g/mol. The number of nitrogens with zero attached hydrogens (tertiary/aromatic N) is 3. The minimum absolute atomic E-state index is 0.0310. The standard InChI is InChI=1S/C15H23N3O2/c1-10(2)14-8-12(16-20-14)15(19)18-7-5-11-4-6-17(3)9-13(11)18/h8,10-11,13H,4-7,9H2,1-3H3/t11-,13-/m0/s1. The Morgan fingerprint density at radius 3 is 2.85 bits per heavy atom. The number of rotatable bonds is 2. The van der Waals surface area contributed by atoms with Gasteiger partial charge in [0.15, 0.2) is 5.69 Å². The molecule has 0 aromatic carbocycles. The third-order valence-corrected chi connectivity index (χ3v) is 4.64. The molecule has 0 saturated carbocycles. The highest BCUT2D eigenvalue weighted by Crippen LogP contribution is 2.32. The van der Waals surface area contributed by atoms with E-state index in [-0.39, 0.29) is 11.8 Å². The van der Waals surface area contributed by atoms with E-state index in [0.717, 1.165) is 31.8 Å². The maximum absolute atomic E-state index is 12.6. The zero-order valence-electron chi connectivity index (χ0n) is 12.5. The molecule has 0 unspecified atom stereocenters. The van der Waals surface area contributed by atoms with Crippen molar-refractivity contribution >= 4 is 5.91 Å². The Kier molecular flexibility index (Phi) is 3.54. The van der Waals surface area contributed by atoms with Crippen molar-refractivity contribution in [1.29, 1.82) is 0 Å². The first-order chi connectivity index (χ1) is 9.56. The van der Waals surface area contributed by atoms with Gasteiger partial charge in [-0.1, -0.05) is 19.0 Å². The SMILES string of the molecule is CC(C)c1cc(C(=O)N2CC[C@@H]3CCN(C)C[C@@H]32)no1. The summed E-state index contributed by atoms with van der Waals surface area (Å²) in [5.74, 6) is 1.73. The zero-order chi connectivity index (χ0) is 14.3. The van der Waals surface area contributed by atoms with Crippen LogP contribution < -0.4 is 0 Å². The maximum atomic E-state index is 12.6. The number of amides is 1. The highest BCUT2D eigenvalue weighted by molar-refractivity contribution is 5.92. The van der Waals surface area contributed by atoms with Crippen molar-refractivity contribution < 1.29 is 9.32 Å². The van der Waals surface area contributed by atoms with Gasteiger partial charge in [0.2, 0.25) is 0 Å². The minimum atomic E-state index is 0.0310. The Balaban J connectivity index is 1.76. The number of piperidine rings is 1. The van der Waals surface area contributed by atoms with Gasteiger partial charge in [-0.3, -0.25) is 4.79 Å². The highest BCUT2D eigenvalue weighted by Gasteiger charge is 2.40. The molecule has 2 fully saturated rings. The summed E-state index contributed by atoms with van der Waals surface area (Å²) in [6, 6.07) is 2.15. The molecule has 20 heavy (non-hydrogen) atoms. The van der Waals surface area contributed by atoms with E-state index in [4.69, 9.17) is 4.52 Å². The molecule has 3 rings (SSSR count). The van der Waals surface area contributed by atoms with Crippen LogP contribution in [0.25, 0.3) is 0 Å². The largest absolute Gasteiger partial charge is 0.360 e. The summed E-state index contributed by atoms with van der Waals surface area (Å²) < 4.78 is 5.26. The lowest BCUT2D eigenvalue weighted by atomic mass is 9.92. The first kappa shape index (κ1) is 13.6. The summed E-state index contributed by atoms with van der Waals surface area (Å²) in [6.07, 6.45) is 2.32. The number of carbonyl (C=O) groups excluding carboxylic acids is 1. The number of likely N-dealkylation sites (tertiary alicyclic amines) is 2. The maximum Gasteiger partial charge on any atom is 0.276 e. The molecule has 0 N–H and O–H groups in total. The van der Waals surface area contributed by atoms with Gasteiger partial charge in [0, 0.05) is 31.1 Å². The molecule has 3 heterocycles. The van der Waals surface area contributed by atoms with Crippen LogP contribution in [0.3, 0.4) is 0 Å². The third-order valence-electron chi connectivity index (χ3n) is 4.64. The van der Waals surface area contributed by atoms with Crippen LogP contribution in [0.4, 0.5) is 0 Å². The molecule has 2 atom stereocenters. The first-order valence-electron chi connectivity index (χ1n) is 7.52. The van der Waals surface area contributed by atoms with E-state index in [9.17, 15) is 4.79 Å². The summed E-state index contributed by atoms with van der Waals surface area (Å²) in [6.45, 7) is 7.05. The average Bonchev–Trinajstić information content (AvgIpc) is 3.04. The van der Waals surface area contributed by atoms with Gasteiger partial charge in [-0.05, 0) is 32.4 Å². The van der Waals surface area contributed by atoms with Gasteiger partial charge >= 0.3 is 0 Å². The number of hydrogen-bond acceptors (Lipinski definition) is 4. The minimum Gasteiger partial charge on any atom is -0.360 e. The number of likely N-dealkylation sites (N-methyl/N-ethyl adjacent to an activating group) is 1. The molecule has 5 nitrogen and oxygen atoms in total. The normalized spacial score (nSPS) is 27.1. The van der Waals surface area contributed by atoms with Crippen molar-refractivity contribution in [3.63, 3.8) is 0 Å². The number of aromatic nitrogens is 1. The molecule has 1 amide bonds. The Morgan fingerprint density at radius 1 is 1.40 bits per heavy atom. The molecule has 1 aromatic heterocycles. The quantitative estimate of drug-likeness (QED) is 0.829. The predicted octanol–water partition coefficient (Wildman–Crippen LogP) is 1.96. The second-order valence-corrected chi connectivity index (χ2v) is 6.43. The molecule has 0 spiro atoms. The second kappa shape index (κ2) is 5.20. The lowest BCUT2D eigenvalue weighted by Crippen LogP contribution is -2.48. The molecule has 0 aliphatic carbocycles. The zero-order valence-corrected chi connectivity index (χ0v) is 12.5. The van der Waals surface area contributed by atoms with Crippen LogP contribution in [0.2, 0.25) is 0 Å². The van der Waals surface area contributed by atoms with Crippen molar-refractivity contribution in [2.45, 2.75) is 38.6 Å². The van der Waals surface area contributed by atoms with E-state index in [2.05, 4.69) is 17.1 Å². The van der Waals surface area contributed by atoms with Crippen molar-refractivity contribution in [2.75, 3.05) is 26.7 Å². The molecule has 0 radical (unpaired) electrons. The Morgan fingerprint density at radius 2 is 2.15 bits per heavy atom. The van der Waals surface area contributed by atoms with Gasteiger partial charge in [0.05, 0.1) is 0 Å². The van der Waals surface area contributed by atoms with Crippen LogP contribution >= 0.6 is 0 Å². The summed E-state index contributed by atoms with van der Waals surface area (Å²) >= 11 is 0.